The number of nitrogens with zero attached hydrogens (tertiary/aromatic N) is 1. The molecule has 0 saturated carbocycles. The van der Waals surface area contributed by atoms with Gasteiger partial charge in [0.05, 0.1) is 0 Å². The fourth-order valence-corrected chi connectivity index (χ4v) is 2.32. The third-order valence-electron chi connectivity index (χ3n) is 3.21. The average molecular weight is 244 g/mol. The number of anilines is 1. The summed E-state index contributed by atoms with van der Waals surface area (Å²) in [5.41, 5.74) is 2.45. The van der Waals surface area contributed by atoms with Gasteiger partial charge in [-0.2, -0.15) is 0 Å². The predicted molar refractivity (Wildman–Crippen MR) is 74.5 cm³/mol. The van der Waals surface area contributed by atoms with Crippen LogP contribution in [-0.2, 0) is 11.3 Å². The van der Waals surface area contributed by atoms with Gasteiger partial charge in [-0.1, -0.05) is 24.3 Å². The Morgan fingerprint density at radius 1 is 1.33 bits per heavy atom. The average Bonchev–Trinajstić information content (AvgIpc) is 2.91. The van der Waals surface area contributed by atoms with E-state index in [2.05, 4.69) is 28.4 Å². The van der Waals surface area contributed by atoms with Gasteiger partial charge in [-0.15, -0.1) is 0 Å². The molecular weight excluding hydrogens is 224 g/mol. The minimum atomic E-state index is -0.0336. The Bertz CT molecular complexity index is 434. The molecule has 1 aromatic rings. The van der Waals surface area contributed by atoms with Crippen LogP contribution in [0.4, 0.5) is 5.69 Å². The number of carbonyl (C=O) groups is 1. The second kappa shape index (κ2) is 6.24. The van der Waals surface area contributed by atoms with Crippen molar-refractivity contribution in [3.63, 3.8) is 0 Å². The molecule has 1 aliphatic rings. The van der Waals surface area contributed by atoms with Crippen LogP contribution in [0.15, 0.2) is 36.4 Å². The minimum Gasteiger partial charge on any atom is -0.371 e. The van der Waals surface area contributed by atoms with Crippen LogP contribution < -0.4 is 10.2 Å². The number of para-hydroxylation sites is 1. The SMILES string of the molecule is CC=CC(=O)NCc1ccccc1N1CCCC1. The lowest BCUT2D eigenvalue weighted by Gasteiger charge is -2.21. The van der Waals surface area contributed by atoms with E-state index >= 15 is 0 Å². The molecule has 3 heteroatoms. The fraction of sp³-hybridized carbons (Fsp3) is 0.400. The molecule has 0 atom stereocenters. The smallest absolute Gasteiger partial charge is 0.243 e. The topological polar surface area (TPSA) is 32.3 Å². The van der Waals surface area contributed by atoms with Crippen LogP contribution in [0.2, 0.25) is 0 Å². The Morgan fingerprint density at radius 3 is 2.78 bits per heavy atom. The minimum absolute atomic E-state index is 0.0336. The number of hydrogen-bond donors (Lipinski definition) is 1. The van der Waals surface area contributed by atoms with Gasteiger partial charge in [0.2, 0.25) is 5.91 Å². The number of carbonyl (C=O) groups excluding carboxylic acids is 1. The molecule has 0 spiro atoms. The van der Waals surface area contributed by atoms with E-state index in [1.54, 1.807) is 12.2 Å². The molecule has 0 radical (unpaired) electrons. The Morgan fingerprint density at radius 2 is 2.06 bits per heavy atom. The Hall–Kier alpha value is -1.77. The van der Waals surface area contributed by atoms with Crippen molar-refractivity contribution in [2.45, 2.75) is 26.3 Å². The zero-order chi connectivity index (χ0) is 12.8. The van der Waals surface area contributed by atoms with Crippen molar-refractivity contribution >= 4 is 11.6 Å². The molecule has 1 aromatic carbocycles. The normalized spacial score (nSPS) is 15.3. The van der Waals surface area contributed by atoms with Gasteiger partial charge in [0, 0.05) is 25.3 Å². The summed E-state index contributed by atoms with van der Waals surface area (Å²) in [7, 11) is 0. The largest absolute Gasteiger partial charge is 0.371 e. The number of nitrogens with one attached hydrogen (secondary N) is 1. The number of benzene rings is 1. The van der Waals surface area contributed by atoms with Gasteiger partial charge in [-0.3, -0.25) is 4.79 Å². The van der Waals surface area contributed by atoms with E-state index in [4.69, 9.17) is 0 Å². The van der Waals surface area contributed by atoms with Crippen LogP contribution in [0, 0.1) is 0 Å². The first-order valence-corrected chi connectivity index (χ1v) is 6.54. The highest BCUT2D eigenvalue weighted by atomic mass is 16.1. The molecule has 0 unspecified atom stereocenters. The molecule has 1 N–H and O–H groups in total. The first kappa shape index (κ1) is 12.7. The zero-order valence-corrected chi connectivity index (χ0v) is 10.9. The van der Waals surface area contributed by atoms with Crippen molar-refractivity contribution in [3.8, 4) is 0 Å². The summed E-state index contributed by atoms with van der Waals surface area (Å²) in [6.45, 7) is 4.69. The highest BCUT2D eigenvalue weighted by molar-refractivity contribution is 5.87. The van der Waals surface area contributed by atoms with Crippen LogP contribution in [0.3, 0.4) is 0 Å². The van der Waals surface area contributed by atoms with E-state index in [1.165, 1.54) is 24.1 Å². The molecule has 1 aliphatic heterocycles. The molecule has 96 valence electrons. The zero-order valence-electron chi connectivity index (χ0n) is 10.9. The quantitative estimate of drug-likeness (QED) is 0.825. The standard InChI is InChI=1S/C15H20N2O/c1-2-7-15(18)16-12-13-8-3-4-9-14(13)17-10-5-6-11-17/h2-4,7-9H,5-6,10-12H2,1H3,(H,16,18). The molecule has 1 heterocycles. The maximum Gasteiger partial charge on any atom is 0.243 e. The predicted octanol–water partition coefficient (Wildman–Crippen LogP) is 2.48. The summed E-state index contributed by atoms with van der Waals surface area (Å²) in [6.07, 6.45) is 5.83. The maximum absolute atomic E-state index is 11.4. The van der Waals surface area contributed by atoms with Gasteiger partial charge in [0.1, 0.15) is 0 Å². The molecule has 0 aliphatic carbocycles. The molecule has 3 nitrogen and oxygen atoms in total. The first-order chi connectivity index (χ1) is 8.81. The van der Waals surface area contributed by atoms with Gasteiger partial charge < -0.3 is 10.2 Å². The summed E-state index contributed by atoms with van der Waals surface area (Å²) >= 11 is 0. The van der Waals surface area contributed by atoms with Gasteiger partial charge in [-0.25, -0.2) is 0 Å². The molecule has 18 heavy (non-hydrogen) atoms. The molecule has 1 amide bonds. The number of hydrogen-bond acceptors (Lipinski definition) is 2. The molecule has 1 saturated heterocycles. The van der Waals surface area contributed by atoms with Crippen molar-refractivity contribution in [3.05, 3.63) is 42.0 Å². The van der Waals surface area contributed by atoms with Gasteiger partial charge in [0.25, 0.3) is 0 Å². The van der Waals surface area contributed by atoms with E-state index in [-0.39, 0.29) is 5.91 Å². The van der Waals surface area contributed by atoms with Gasteiger partial charge >= 0.3 is 0 Å². The highest BCUT2D eigenvalue weighted by Crippen LogP contribution is 2.24. The van der Waals surface area contributed by atoms with Crippen LogP contribution in [0.25, 0.3) is 0 Å². The van der Waals surface area contributed by atoms with E-state index in [0.29, 0.717) is 6.54 Å². The monoisotopic (exact) mass is 244 g/mol. The lowest BCUT2D eigenvalue weighted by Crippen LogP contribution is -2.24. The highest BCUT2D eigenvalue weighted by Gasteiger charge is 2.15. The molecule has 2 rings (SSSR count). The lowest BCUT2D eigenvalue weighted by molar-refractivity contribution is -0.116. The van der Waals surface area contributed by atoms with Gasteiger partial charge in [-0.05, 0) is 37.5 Å². The molecule has 0 bridgehead atoms. The third-order valence-corrected chi connectivity index (χ3v) is 3.21. The van der Waals surface area contributed by atoms with Crippen LogP contribution in [0.5, 0.6) is 0 Å². The van der Waals surface area contributed by atoms with E-state index in [0.717, 1.165) is 13.1 Å². The number of amides is 1. The summed E-state index contributed by atoms with van der Waals surface area (Å²) < 4.78 is 0. The van der Waals surface area contributed by atoms with Crippen LogP contribution in [-0.4, -0.2) is 19.0 Å². The van der Waals surface area contributed by atoms with Crippen molar-refractivity contribution < 1.29 is 4.79 Å². The third kappa shape index (κ3) is 3.13. The van der Waals surface area contributed by atoms with E-state index < -0.39 is 0 Å². The van der Waals surface area contributed by atoms with Crippen molar-refractivity contribution in [2.24, 2.45) is 0 Å². The Balaban J connectivity index is 2.05. The Labute approximate surface area is 108 Å². The number of rotatable bonds is 4. The van der Waals surface area contributed by atoms with E-state index in [1.807, 2.05) is 13.0 Å². The molecule has 1 fully saturated rings. The molecular formula is C15H20N2O. The summed E-state index contributed by atoms with van der Waals surface area (Å²) in [5.74, 6) is -0.0336. The van der Waals surface area contributed by atoms with Crippen molar-refractivity contribution in [1.29, 1.82) is 0 Å². The summed E-state index contributed by atoms with van der Waals surface area (Å²) in [5, 5.41) is 2.91. The van der Waals surface area contributed by atoms with Crippen LogP contribution >= 0.6 is 0 Å². The molecule has 0 aromatic heterocycles. The summed E-state index contributed by atoms with van der Waals surface area (Å²) in [6, 6.07) is 8.31. The second-order valence-electron chi connectivity index (χ2n) is 4.54. The maximum atomic E-state index is 11.4. The van der Waals surface area contributed by atoms with Gasteiger partial charge in [0.15, 0.2) is 0 Å². The first-order valence-electron chi connectivity index (χ1n) is 6.54. The number of allylic oxidation sites excluding steroid dienone is 1. The summed E-state index contributed by atoms with van der Waals surface area (Å²) in [4.78, 5) is 13.8. The fourth-order valence-electron chi connectivity index (χ4n) is 2.32. The lowest BCUT2D eigenvalue weighted by atomic mass is 10.1. The van der Waals surface area contributed by atoms with Crippen molar-refractivity contribution in [1.82, 2.24) is 5.32 Å². The van der Waals surface area contributed by atoms with Crippen LogP contribution in [0.1, 0.15) is 25.3 Å². The van der Waals surface area contributed by atoms with Crippen molar-refractivity contribution in [2.75, 3.05) is 18.0 Å². The Kier molecular flexibility index (Phi) is 4.40. The second-order valence-corrected chi connectivity index (χ2v) is 4.54. The van der Waals surface area contributed by atoms with E-state index in [9.17, 15) is 4.79 Å².